The van der Waals surface area contributed by atoms with E-state index in [1.54, 1.807) is 0 Å². The van der Waals surface area contributed by atoms with E-state index in [1.807, 2.05) is 14.1 Å². The van der Waals surface area contributed by atoms with E-state index in [1.165, 1.54) is 0 Å². The van der Waals surface area contributed by atoms with Gasteiger partial charge >= 0.3 is 5.97 Å². The summed E-state index contributed by atoms with van der Waals surface area (Å²) in [5.74, 6) is -0.918. The van der Waals surface area contributed by atoms with Crippen LogP contribution >= 0.6 is 24.8 Å². The molecular formula is C8H18Cl2N2O2. The molecule has 1 heterocycles. The lowest BCUT2D eigenvalue weighted by atomic mass is 10.1. The van der Waals surface area contributed by atoms with Gasteiger partial charge in [-0.3, -0.25) is 4.79 Å². The third-order valence-electron chi connectivity index (χ3n) is 2.28. The van der Waals surface area contributed by atoms with Crippen molar-refractivity contribution in [3.63, 3.8) is 0 Å². The van der Waals surface area contributed by atoms with Crippen molar-refractivity contribution in [2.45, 2.75) is 0 Å². The number of nitrogens with zero attached hydrogens (tertiary/aromatic N) is 2. The van der Waals surface area contributed by atoms with Crippen molar-refractivity contribution in [3.8, 4) is 0 Å². The highest BCUT2D eigenvalue weighted by molar-refractivity contribution is 5.85. The predicted octanol–water partition coefficient (Wildman–Crippen LogP) is 0.408. The molecule has 0 saturated carbocycles. The molecule has 0 spiro atoms. The van der Waals surface area contributed by atoms with Gasteiger partial charge in [-0.1, -0.05) is 0 Å². The Morgan fingerprint density at radius 3 is 1.79 bits per heavy atom. The number of likely N-dealkylation sites (N-methyl/N-ethyl adjacent to an activating group) is 2. The van der Waals surface area contributed by atoms with Crippen LogP contribution in [0.1, 0.15) is 0 Å². The Kier molecular flexibility index (Phi) is 8.54. The van der Waals surface area contributed by atoms with E-state index in [2.05, 4.69) is 9.80 Å². The summed E-state index contributed by atoms with van der Waals surface area (Å²) < 4.78 is 0. The molecule has 0 bridgehead atoms. The zero-order chi connectivity index (χ0) is 9.14. The first-order valence-corrected chi connectivity index (χ1v) is 4.19. The molecular weight excluding hydrogens is 227 g/mol. The minimum absolute atomic E-state index is 0. The summed E-state index contributed by atoms with van der Waals surface area (Å²) in [6.07, 6.45) is 0. The Morgan fingerprint density at radius 1 is 1.14 bits per heavy atom. The summed E-state index contributed by atoms with van der Waals surface area (Å²) in [7, 11) is 3.93. The molecule has 0 aromatic rings. The van der Waals surface area contributed by atoms with Crippen LogP contribution in [-0.4, -0.2) is 61.2 Å². The van der Waals surface area contributed by atoms with Gasteiger partial charge in [-0.2, -0.15) is 0 Å². The van der Waals surface area contributed by atoms with Gasteiger partial charge in [0.2, 0.25) is 0 Å². The fourth-order valence-corrected chi connectivity index (χ4v) is 1.49. The first kappa shape index (κ1) is 16.4. The molecule has 0 aliphatic carbocycles. The van der Waals surface area contributed by atoms with E-state index in [-0.39, 0.29) is 30.7 Å². The van der Waals surface area contributed by atoms with Crippen LogP contribution in [0.5, 0.6) is 0 Å². The standard InChI is InChI=1S/C8H16N2O2.2ClH/c1-9-3-4-10(2)6-7(5-9)8(11)12;;/h7H,3-6H2,1-2H3,(H,11,12);2*1H. The lowest BCUT2D eigenvalue weighted by Gasteiger charge is -2.16. The zero-order valence-corrected chi connectivity index (χ0v) is 10.1. The maximum Gasteiger partial charge on any atom is 0.309 e. The van der Waals surface area contributed by atoms with Crippen molar-refractivity contribution >= 4 is 30.8 Å². The van der Waals surface area contributed by atoms with E-state index < -0.39 is 5.97 Å². The van der Waals surface area contributed by atoms with Crippen LogP contribution in [0.2, 0.25) is 0 Å². The molecule has 14 heavy (non-hydrogen) atoms. The average molecular weight is 245 g/mol. The van der Waals surface area contributed by atoms with Gasteiger partial charge in [-0.05, 0) is 14.1 Å². The van der Waals surface area contributed by atoms with Gasteiger partial charge in [0, 0.05) is 26.2 Å². The van der Waals surface area contributed by atoms with Crippen LogP contribution in [0.15, 0.2) is 0 Å². The van der Waals surface area contributed by atoms with Crippen LogP contribution in [-0.2, 0) is 4.79 Å². The van der Waals surface area contributed by atoms with Crippen LogP contribution in [0.4, 0.5) is 0 Å². The van der Waals surface area contributed by atoms with Gasteiger partial charge < -0.3 is 14.9 Å². The highest BCUT2D eigenvalue weighted by atomic mass is 35.5. The molecule has 1 aliphatic rings. The fourth-order valence-electron chi connectivity index (χ4n) is 1.49. The summed E-state index contributed by atoms with van der Waals surface area (Å²) in [4.78, 5) is 14.9. The number of carboxylic acid groups (broad SMARTS) is 1. The summed E-state index contributed by atoms with van der Waals surface area (Å²) >= 11 is 0. The van der Waals surface area contributed by atoms with Crippen LogP contribution in [0.25, 0.3) is 0 Å². The Labute approximate surface area is 97.1 Å². The van der Waals surface area contributed by atoms with E-state index in [0.29, 0.717) is 13.1 Å². The van der Waals surface area contributed by atoms with Crippen molar-refractivity contribution in [2.24, 2.45) is 5.92 Å². The molecule has 0 unspecified atom stereocenters. The van der Waals surface area contributed by atoms with E-state index in [4.69, 9.17) is 5.11 Å². The number of rotatable bonds is 1. The normalized spacial score (nSPS) is 20.4. The Bertz CT molecular complexity index is 169. The monoisotopic (exact) mass is 244 g/mol. The summed E-state index contributed by atoms with van der Waals surface area (Å²) in [6, 6.07) is 0. The average Bonchev–Trinajstić information content (AvgIpc) is 2.13. The molecule has 1 rings (SSSR count). The Hall–Kier alpha value is -0.0300. The number of hydrogen-bond acceptors (Lipinski definition) is 3. The molecule has 0 aromatic carbocycles. The number of carbonyl (C=O) groups is 1. The topological polar surface area (TPSA) is 43.8 Å². The highest BCUT2D eigenvalue weighted by Crippen LogP contribution is 2.06. The van der Waals surface area contributed by atoms with Crippen LogP contribution < -0.4 is 0 Å². The summed E-state index contributed by atoms with van der Waals surface area (Å²) in [5, 5.41) is 8.85. The second kappa shape index (κ2) is 7.29. The van der Waals surface area contributed by atoms with Gasteiger partial charge in [0.25, 0.3) is 0 Å². The molecule has 1 saturated heterocycles. The molecule has 1 aliphatic heterocycles. The third-order valence-corrected chi connectivity index (χ3v) is 2.28. The van der Waals surface area contributed by atoms with Gasteiger partial charge in [-0.25, -0.2) is 0 Å². The molecule has 0 aromatic heterocycles. The first-order valence-electron chi connectivity index (χ1n) is 4.19. The molecule has 0 radical (unpaired) electrons. The smallest absolute Gasteiger partial charge is 0.309 e. The Morgan fingerprint density at radius 2 is 1.50 bits per heavy atom. The lowest BCUT2D eigenvalue weighted by molar-refractivity contribution is -0.142. The molecule has 6 heteroatoms. The maximum absolute atomic E-state index is 10.7. The van der Waals surface area contributed by atoms with Gasteiger partial charge in [0.1, 0.15) is 0 Å². The summed E-state index contributed by atoms with van der Waals surface area (Å²) in [5.41, 5.74) is 0. The first-order chi connectivity index (χ1) is 5.59. The number of hydrogen-bond donors (Lipinski definition) is 1. The van der Waals surface area contributed by atoms with E-state index in [9.17, 15) is 4.79 Å². The van der Waals surface area contributed by atoms with Crippen molar-refractivity contribution in [3.05, 3.63) is 0 Å². The molecule has 0 atom stereocenters. The van der Waals surface area contributed by atoms with E-state index >= 15 is 0 Å². The number of halogens is 2. The SMILES string of the molecule is CN1CCN(C)CC(C(=O)O)C1.Cl.Cl. The molecule has 1 fully saturated rings. The molecule has 86 valence electrons. The largest absolute Gasteiger partial charge is 0.481 e. The summed E-state index contributed by atoms with van der Waals surface area (Å²) in [6.45, 7) is 3.25. The zero-order valence-electron chi connectivity index (χ0n) is 8.47. The van der Waals surface area contributed by atoms with Crippen LogP contribution in [0.3, 0.4) is 0 Å². The Balaban J connectivity index is 0. The maximum atomic E-state index is 10.7. The molecule has 4 nitrogen and oxygen atoms in total. The van der Waals surface area contributed by atoms with Crippen LogP contribution in [0, 0.1) is 5.92 Å². The second-order valence-electron chi connectivity index (χ2n) is 3.56. The number of aliphatic carboxylic acids is 1. The van der Waals surface area contributed by atoms with Crippen molar-refractivity contribution < 1.29 is 9.90 Å². The van der Waals surface area contributed by atoms with Gasteiger partial charge in [-0.15, -0.1) is 24.8 Å². The van der Waals surface area contributed by atoms with E-state index in [0.717, 1.165) is 13.1 Å². The van der Waals surface area contributed by atoms with Gasteiger partial charge in [0.15, 0.2) is 0 Å². The predicted molar refractivity (Wildman–Crippen MR) is 60.6 cm³/mol. The third kappa shape index (κ3) is 5.00. The quantitative estimate of drug-likeness (QED) is 0.726. The van der Waals surface area contributed by atoms with Crippen molar-refractivity contribution in [2.75, 3.05) is 40.3 Å². The van der Waals surface area contributed by atoms with Gasteiger partial charge in [0.05, 0.1) is 5.92 Å². The number of carboxylic acids is 1. The fraction of sp³-hybridized carbons (Fsp3) is 0.875. The van der Waals surface area contributed by atoms with Crippen molar-refractivity contribution in [1.29, 1.82) is 0 Å². The molecule has 0 amide bonds. The minimum Gasteiger partial charge on any atom is -0.481 e. The highest BCUT2D eigenvalue weighted by Gasteiger charge is 2.23. The lowest BCUT2D eigenvalue weighted by Crippen LogP contribution is -2.32. The molecule has 1 N–H and O–H groups in total. The second-order valence-corrected chi connectivity index (χ2v) is 3.56. The van der Waals surface area contributed by atoms with Crippen molar-refractivity contribution in [1.82, 2.24) is 9.80 Å². The minimum atomic E-state index is -0.685.